The standard InChI is InChI=1S/C69H118N18O19S/c1-12-38(8)55(87-58(95)43(71)26-29-107-11)67(104)85-50(32-37(6)7)64(101)80-45(22-24-53(72)90)60(97)78-44(17-15-28-75-69(73)74)59(96)79-46(23-25-54(91)92)61(98)84-51(33-41-18-20-42(89)21-19-41)63(100)77-39(9)56(93)82-48(30-35(2)3)62(99)76-40(10)57(94)86-52(34-88)66(103)83-49(31-36(4)5)65(102)81-47(68(105)106)16-13-14-27-70/h18-21,35-40,43-52,55,88-89H,12-17,22-34,70-71H2,1-11H3,(H2,72,90)(H,76,99)(H,77,100)(H,78,97)(H,79,96)(H,80,101)(H,81,102)(H,82,93)(H,83,103)(H,84,98)(H,85,104)(H,86,94)(H,87,95)(H,91,92)(H,105,106)(H4,73,74,75)/t38-,39-,40-,43-,44-,45-,46-,47-,48-,49-,50-,51-,52-,55-/m0/s1. The molecule has 604 valence electrons. The van der Waals surface area contributed by atoms with Gasteiger partial charge in [-0.05, 0) is 144 Å². The summed E-state index contributed by atoms with van der Waals surface area (Å²) in [6.07, 6.45) is 0.536. The number of benzene rings is 1. The van der Waals surface area contributed by atoms with Crippen LogP contribution in [0.3, 0.4) is 0 Å². The van der Waals surface area contributed by atoms with Crippen LogP contribution in [-0.2, 0) is 78.3 Å². The number of carboxylic acids is 2. The molecule has 0 unspecified atom stereocenters. The summed E-state index contributed by atoms with van der Waals surface area (Å²) in [6.45, 7) is 15.6. The number of aliphatic carboxylic acids is 2. The third kappa shape index (κ3) is 38.1. The number of carbonyl (C=O) groups is 15. The number of aliphatic imine (C=N–C) groups is 1. The maximum absolute atomic E-state index is 14.6. The van der Waals surface area contributed by atoms with Crippen LogP contribution in [0.25, 0.3) is 0 Å². The van der Waals surface area contributed by atoms with Gasteiger partial charge in [0.2, 0.25) is 76.8 Å². The first kappa shape index (κ1) is 95.6. The van der Waals surface area contributed by atoms with Crippen LogP contribution in [0.5, 0.6) is 5.75 Å². The zero-order valence-electron chi connectivity index (χ0n) is 63.2. The average molecular weight is 1540 g/mol. The van der Waals surface area contributed by atoms with Gasteiger partial charge in [0.15, 0.2) is 5.96 Å². The number of primary amides is 1. The van der Waals surface area contributed by atoms with Crippen LogP contribution >= 0.6 is 11.8 Å². The van der Waals surface area contributed by atoms with Gasteiger partial charge in [0.25, 0.3) is 0 Å². The topological polar surface area (TPSA) is 624 Å². The van der Waals surface area contributed by atoms with Crippen molar-refractivity contribution in [3.63, 3.8) is 0 Å². The van der Waals surface area contributed by atoms with Gasteiger partial charge in [-0.25, -0.2) is 4.79 Å². The van der Waals surface area contributed by atoms with Gasteiger partial charge in [0.1, 0.15) is 78.3 Å². The van der Waals surface area contributed by atoms with Crippen molar-refractivity contribution in [2.45, 2.75) is 244 Å². The molecular formula is C69H118N18O19S. The quantitative estimate of drug-likeness (QED) is 0.0171. The third-order valence-electron chi connectivity index (χ3n) is 16.8. The normalized spacial score (nSPS) is 15.1. The number of nitrogens with one attached hydrogen (secondary N) is 12. The number of hydrogen-bond acceptors (Lipinski definition) is 21. The Morgan fingerprint density at radius 3 is 1.28 bits per heavy atom. The van der Waals surface area contributed by atoms with Crippen molar-refractivity contribution in [3.8, 4) is 5.75 Å². The molecule has 0 spiro atoms. The third-order valence-corrected chi connectivity index (χ3v) is 17.5. The Morgan fingerprint density at radius 1 is 0.458 bits per heavy atom. The molecule has 0 aliphatic carbocycles. The minimum Gasteiger partial charge on any atom is -0.508 e. The summed E-state index contributed by atoms with van der Waals surface area (Å²) in [7, 11) is 0. The lowest BCUT2D eigenvalue weighted by Crippen LogP contribution is -2.61. The molecule has 0 aromatic heterocycles. The predicted molar refractivity (Wildman–Crippen MR) is 398 cm³/mol. The second-order valence-electron chi connectivity index (χ2n) is 27.7. The zero-order valence-corrected chi connectivity index (χ0v) is 64.0. The number of hydrogen-bond donors (Lipinski definition) is 21. The Labute approximate surface area is 628 Å². The summed E-state index contributed by atoms with van der Waals surface area (Å²) in [5.74, 6) is -16.0. The first-order valence-electron chi connectivity index (χ1n) is 35.9. The van der Waals surface area contributed by atoms with Crippen LogP contribution in [0.1, 0.15) is 165 Å². The van der Waals surface area contributed by atoms with Crippen LogP contribution in [0.2, 0.25) is 0 Å². The van der Waals surface area contributed by atoms with Crippen LogP contribution in [0.15, 0.2) is 29.3 Å². The zero-order chi connectivity index (χ0) is 81.4. The highest BCUT2D eigenvalue weighted by atomic mass is 32.2. The fourth-order valence-electron chi connectivity index (χ4n) is 10.6. The molecule has 37 nitrogen and oxygen atoms in total. The van der Waals surface area contributed by atoms with Gasteiger partial charge in [0.05, 0.1) is 12.6 Å². The maximum Gasteiger partial charge on any atom is 0.326 e. The Kier molecular flexibility index (Phi) is 44.8. The van der Waals surface area contributed by atoms with Crippen molar-refractivity contribution >= 4 is 106 Å². The number of thioether (sulfide) groups is 1. The van der Waals surface area contributed by atoms with Crippen LogP contribution in [-0.4, -0.2) is 225 Å². The van der Waals surface area contributed by atoms with Crippen LogP contribution in [0, 0.1) is 23.7 Å². The van der Waals surface area contributed by atoms with Gasteiger partial charge in [0, 0.05) is 25.8 Å². The molecule has 0 aliphatic heterocycles. The number of phenols is 1. The first-order chi connectivity index (χ1) is 50.2. The number of guanidine groups is 1. The van der Waals surface area contributed by atoms with E-state index in [2.05, 4.69) is 68.8 Å². The predicted octanol–water partition coefficient (Wildman–Crippen LogP) is -3.55. The summed E-state index contributed by atoms with van der Waals surface area (Å²) in [4.78, 5) is 208. The van der Waals surface area contributed by atoms with E-state index in [9.17, 15) is 92.3 Å². The van der Waals surface area contributed by atoms with Crippen LogP contribution in [0.4, 0.5) is 0 Å². The van der Waals surface area contributed by atoms with Crippen molar-refractivity contribution in [1.29, 1.82) is 0 Å². The molecule has 13 amide bonds. The fourth-order valence-corrected chi connectivity index (χ4v) is 11.1. The van der Waals surface area contributed by atoms with Gasteiger partial charge >= 0.3 is 11.9 Å². The maximum atomic E-state index is 14.6. The molecule has 107 heavy (non-hydrogen) atoms. The Bertz CT molecular complexity index is 3140. The summed E-state index contributed by atoms with van der Waals surface area (Å²) in [5.41, 5.74) is 28.6. The van der Waals surface area contributed by atoms with E-state index in [1.165, 1.54) is 49.9 Å². The Balaban J connectivity index is 3.66. The molecule has 38 heteroatoms. The first-order valence-corrected chi connectivity index (χ1v) is 37.3. The van der Waals surface area contributed by atoms with E-state index in [0.29, 0.717) is 43.5 Å². The summed E-state index contributed by atoms with van der Waals surface area (Å²) < 4.78 is 0. The number of aromatic hydroxyl groups is 1. The van der Waals surface area contributed by atoms with E-state index < -0.39 is 205 Å². The van der Waals surface area contributed by atoms with E-state index in [4.69, 9.17) is 28.7 Å². The van der Waals surface area contributed by atoms with E-state index >= 15 is 0 Å². The molecule has 0 aliphatic rings. The number of aliphatic hydroxyl groups excluding tert-OH is 1. The van der Waals surface area contributed by atoms with E-state index in [1.807, 2.05) is 6.26 Å². The van der Waals surface area contributed by atoms with Crippen LogP contribution < -0.4 is 92.5 Å². The number of amides is 13. The fraction of sp³-hybridized carbons (Fsp3) is 0.681. The lowest BCUT2D eigenvalue weighted by Gasteiger charge is -2.29. The van der Waals surface area contributed by atoms with E-state index in [-0.39, 0.29) is 81.0 Å². The number of nitrogens with two attached hydrogens (primary N) is 5. The van der Waals surface area contributed by atoms with Gasteiger partial charge in [-0.2, -0.15) is 11.8 Å². The van der Waals surface area contributed by atoms with Gasteiger partial charge < -0.3 is 113 Å². The second-order valence-corrected chi connectivity index (χ2v) is 28.7. The van der Waals surface area contributed by atoms with Gasteiger partial charge in [-0.15, -0.1) is 0 Å². The van der Waals surface area contributed by atoms with Crippen molar-refractivity contribution < 1.29 is 92.3 Å². The van der Waals surface area contributed by atoms with E-state index in [1.54, 1.807) is 55.4 Å². The SMILES string of the molecule is CC[C@H](C)[C@H](NC(=O)[C@@H](N)CCSC)C(=O)N[C@@H](CC(C)C)C(=O)N[C@@H](CCC(N)=O)C(=O)N[C@@H](CCCN=C(N)N)C(=O)N[C@@H](CCC(=O)O)C(=O)N[C@@H](Cc1ccc(O)cc1)C(=O)N[C@@H](C)C(=O)N[C@@H](CC(C)C)C(=O)N[C@@H](C)C(=O)N[C@@H](CO)C(=O)N[C@@H](CC(C)C)C(=O)N[C@@H](CCCCN)C(=O)O. The highest BCUT2D eigenvalue weighted by molar-refractivity contribution is 7.98. The van der Waals surface area contributed by atoms with Crippen molar-refractivity contribution in [3.05, 3.63) is 29.8 Å². The number of carbonyl (C=O) groups excluding carboxylic acids is 13. The molecular weight excluding hydrogens is 1420 g/mol. The molecule has 1 rings (SSSR count). The molecule has 1 aromatic rings. The second kappa shape index (κ2) is 50.2. The minimum absolute atomic E-state index is 0.00882. The lowest BCUT2D eigenvalue weighted by molar-refractivity contribution is -0.142. The number of unbranched alkanes of at least 4 members (excludes halogenated alkanes) is 1. The van der Waals surface area contributed by atoms with Crippen molar-refractivity contribution in [2.24, 2.45) is 57.3 Å². The average Bonchev–Trinajstić information content (AvgIpc) is 0.881. The van der Waals surface area contributed by atoms with Crippen molar-refractivity contribution in [1.82, 2.24) is 63.8 Å². The molecule has 0 saturated carbocycles. The highest BCUT2D eigenvalue weighted by Crippen LogP contribution is 2.17. The number of rotatable bonds is 53. The highest BCUT2D eigenvalue weighted by Gasteiger charge is 2.38. The van der Waals surface area contributed by atoms with Crippen molar-refractivity contribution in [2.75, 3.05) is 31.7 Å². The summed E-state index contributed by atoms with van der Waals surface area (Å²) >= 11 is 1.48. The number of carboxylic acid groups (broad SMARTS) is 2. The molecule has 14 atom stereocenters. The minimum atomic E-state index is -1.81. The number of nitrogens with zero attached hydrogens (tertiary/aromatic N) is 1. The molecule has 26 N–H and O–H groups in total. The molecule has 0 bridgehead atoms. The lowest BCUT2D eigenvalue weighted by atomic mass is 9.96. The molecule has 1 aromatic carbocycles. The number of phenolic OH excluding ortho intramolecular Hbond substituents is 1. The monoisotopic (exact) mass is 1530 g/mol. The van der Waals surface area contributed by atoms with Gasteiger partial charge in [-0.1, -0.05) is 73.9 Å². The van der Waals surface area contributed by atoms with E-state index in [0.717, 1.165) is 0 Å². The summed E-state index contributed by atoms with van der Waals surface area (Å²) in [5, 5.41) is 70.0. The molecule has 0 heterocycles. The molecule has 0 radical (unpaired) electrons. The number of aliphatic hydroxyl groups is 1. The largest absolute Gasteiger partial charge is 0.508 e. The molecule has 0 fully saturated rings. The smallest absolute Gasteiger partial charge is 0.326 e. The Hall–Kier alpha value is -9.43. The van der Waals surface area contributed by atoms with Gasteiger partial charge in [-0.3, -0.25) is 72.1 Å². The summed E-state index contributed by atoms with van der Waals surface area (Å²) in [6, 6.07) is -13.4. The Morgan fingerprint density at radius 2 is 0.850 bits per heavy atom. The molecule has 0 saturated heterocycles.